The van der Waals surface area contributed by atoms with Crippen LogP contribution < -0.4 is 4.72 Å². The van der Waals surface area contributed by atoms with Crippen LogP contribution >= 0.6 is 11.3 Å². The average molecular weight is 363 g/mol. The van der Waals surface area contributed by atoms with Gasteiger partial charge in [-0.1, -0.05) is 18.2 Å². The zero-order chi connectivity index (χ0) is 17.3. The number of carboxylic acids is 1. The number of carbonyl (C=O) groups is 1. The number of nitrogens with one attached hydrogen (secondary N) is 1. The molecule has 124 valence electrons. The van der Waals surface area contributed by atoms with E-state index >= 15 is 0 Å². The third kappa shape index (κ3) is 3.17. The number of aryl methyl sites for hydroxylation is 1. The van der Waals surface area contributed by atoms with Crippen molar-refractivity contribution in [1.29, 1.82) is 0 Å². The number of carboxylic acid groups (broad SMARTS) is 1. The number of aromatic carboxylic acids is 1. The predicted molar refractivity (Wildman–Crippen MR) is 90.4 cm³/mol. The minimum Gasteiger partial charge on any atom is -0.477 e. The Bertz CT molecular complexity index is 991. The quantitative estimate of drug-likeness (QED) is 0.726. The lowest BCUT2D eigenvalue weighted by Crippen LogP contribution is -2.12. The molecular formula is C15H13N3O4S2. The van der Waals surface area contributed by atoms with Gasteiger partial charge in [-0.25, -0.2) is 17.9 Å². The molecule has 2 heterocycles. The Morgan fingerprint density at radius 3 is 2.58 bits per heavy atom. The fraction of sp³-hybridized carbons (Fsp3) is 0.0667. The summed E-state index contributed by atoms with van der Waals surface area (Å²) in [6, 6.07) is 12.1. The molecule has 0 radical (unpaired) electrons. The molecule has 0 aliphatic rings. The van der Waals surface area contributed by atoms with Crippen LogP contribution in [0.2, 0.25) is 0 Å². The van der Waals surface area contributed by atoms with E-state index in [9.17, 15) is 13.2 Å². The molecule has 1 aromatic carbocycles. The summed E-state index contributed by atoms with van der Waals surface area (Å²) in [6.45, 7) is 1.56. The SMILES string of the molecule is Cc1cc(S(=O)(=O)Nc2ccn(-c3ccccc3)n2)sc1C(=O)O. The molecule has 0 aliphatic carbocycles. The standard InChI is InChI=1S/C15H13N3O4S2/c1-10-9-13(23-14(10)15(19)20)24(21,22)17-12-7-8-18(16-12)11-5-3-2-4-6-11/h2-9H,1H3,(H,16,17)(H,19,20). The highest BCUT2D eigenvalue weighted by Crippen LogP contribution is 2.27. The third-order valence-electron chi connectivity index (χ3n) is 3.20. The number of anilines is 1. The summed E-state index contributed by atoms with van der Waals surface area (Å²) >= 11 is 0.712. The molecule has 0 amide bonds. The van der Waals surface area contributed by atoms with Gasteiger partial charge in [-0.3, -0.25) is 4.72 Å². The van der Waals surface area contributed by atoms with E-state index in [-0.39, 0.29) is 14.9 Å². The zero-order valence-corrected chi connectivity index (χ0v) is 14.1. The van der Waals surface area contributed by atoms with E-state index < -0.39 is 16.0 Å². The van der Waals surface area contributed by atoms with Crippen molar-refractivity contribution in [2.24, 2.45) is 0 Å². The Kier molecular flexibility index (Phi) is 4.12. The first-order valence-electron chi connectivity index (χ1n) is 6.84. The summed E-state index contributed by atoms with van der Waals surface area (Å²) < 4.78 is 28.6. The molecule has 24 heavy (non-hydrogen) atoms. The fourth-order valence-corrected chi connectivity index (χ4v) is 4.46. The topological polar surface area (TPSA) is 101 Å². The second-order valence-corrected chi connectivity index (χ2v) is 7.93. The highest BCUT2D eigenvalue weighted by Gasteiger charge is 2.22. The summed E-state index contributed by atoms with van der Waals surface area (Å²) in [6.07, 6.45) is 1.63. The molecule has 0 spiro atoms. The molecule has 0 atom stereocenters. The van der Waals surface area contributed by atoms with Crippen LogP contribution in [0.3, 0.4) is 0 Å². The first-order chi connectivity index (χ1) is 11.4. The number of aromatic nitrogens is 2. The maximum Gasteiger partial charge on any atom is 0.346 e. The summed E-state index contributed by atoms with van der Waals surface area (Å²) in [4.78, 5) is 11.1. The summed E-state index contributed by atoms with van der Waals surface area (Å²) in [5.41, 5.74) is 1.20. The highest BCUT2D eigenvalue weighted by atomic mass is 32.2. The van der Waals surface area contributed by atoms with E-state index in [1.54, 1.807) is 17.8 Å². The van der Waals surface area contributed by atoms with E-state index in [1.807, 2.05) is 30.3 Å². The van der Waals surface area contributed by atoms with Crippen LogP contribution in [0.1, 0.15) is 15.2 Å². The van der Waals surface area contributed by atoms with E-state index in [0.29, 0.717) is 16.9 Å². The second kappa shape index (κ2) is 6.10. The Morgan fingerprint density at radius 2 is 1.96 bits per heavy atom. The van der Waals surface area contributed by atoms with Gasteiger partial charge in [0.25, 0.3) is 10.0 Å². The first kappa shape index (κ1) is 16.2. The van der Waals surface area contributed by atoms with Gasteiger partial charge in [-0.05, 0) is 30.7 Å². The van der Waals surface area contributed by atoms with Gasteiger partial charge in [-0.15, -0.1) is 16.4 Å². The minimum absolute atomic E-state index is 0.00481. The molecular weight excluding hydrogens is 350 g/mol. The molecule has 0 aliphatic heterocycles. The summed E-state index contributed by atoms with van der Waals surface area (Å²) in [5.74, 6) is -0.992. The maximum atomic E-state index is 12.4. The monoisotopic (exact) mass is 363 g/mol. The number of hydrogen-bond donors (Lipinski definition) is 2. The molecule has 2 aromatic heterocycles. The van der Waals surface area contributed by atoms with Crippen LogP contribution in [0.15, 0.2) is 52.9 Å². The lowest BCUT2D eigenvalue weighted by molar-refractivity contribution is 0.0701. The second-order valence-electron chi connectivity index (χ2n) is 4.97. The fourth-order valence-electron chi connectivity index (χ4n) is 2.09. The van der Waals surface area contributed by atoms with Crippen molar-refractivity contribution >= 4 is 33.1 Å². The van der Waals surface area contributed by atoms with Gasteiger partial charge in [0.05, 0.1) is 5.69 Å². The van der Waals surface area contributed by atoms with Crippen molar-refractivity contribution in [1.82, 2.24) is 9.78 Å². The van der Waals surface area contributed by atoms with Crippen LogP contribution in [0.5, 0.6) is 0 Å². The highest BCUT2D eigenvalue weighted by molar-refractivity contribution is 7.94. The number of rotatable bonds is 5. The van der Waals surface area contributed by atoms with Crippen molar-refractivity contribution < 1.29 is 18.3 Å². The molecule has 0 fully saturated rings. The average Bonchev–Trinajstić information content (AvgIpc) is 3.15. The zero-order valence-electron chi connectivity index (χ0n) is 12.5. The van der Waals surface area contributed by atoms with Gasteiger partial charge in [-0.2, -0.15) is 0 Å². The van der Waals surface area contributed by atoms with Gasteiger partial charge in [0.1, 0.15) is 9.09 Å². The van der Waals surface area contributed by atoms with Crippen LogP contribution in [0, 0.1) is 6.92 Å². The molecule has 3 aromatic rings. The number of thiophene rings is 1. The minimum atomic E-state index is -3.89. The number of nitrogens with zero attached hydrogens (tertiary/aromatic N) is 2. The third-order valence-corrected chi connectivity index (χ3v) is 6.26. The Labute approximate surface area is 142 Å². The Morgan fingerprint density at radius 1 is 1.25 bits per heavy atom. The number of sulfonamides is 1. The molecule has 7 nitrogen and oxygen atoms in total. The molecule has 0 saturated heterocycles. The molecule has 0 unspecified atom stereocenters. The predicted octanol–water partition coefficient (Wildman–Crippen LogP) is 2.74. The van der Waals surface area contributed by atoms with Gasteiger partial charge in [0.2, 0.25) is 0 Å². The summed E-state index contributed by atoms with van der Waals surface area (Å²) in [7, 11) is -3.89. The van der Waals surface area contributed by atoms with Gasteiger partial charge in [0, 0.05) is 12.3 Å². The smallest absolute Gasteiger partial charge is 0.346 e. The molecule has 9 heteroatoms. The Balaban J connectivity index is 1.87. The Hall–Kier alpha value is -2.65. The lowest BCUT2D eigenvalue weighted by atomic mass is 10.3. The molecule has 2 N–H and O–H groups in total. The first-order valence-corrected chi connectivity index (χ1v) is 9.14. The normalized spacial score (nSPS) is 11.4. The van der Waals surface area contributed by atoms with Gasteiger partial charge >= 0.3 is 5.97 Å². The van der Waals surface area contributed by atoms with Crippen molar-refractivity contribution in [3.63, 3.8) is 0 Å². The van der Waals surface area contributed by atoms with Gasteiger partial charge < -0.3 is 5.11 Å². The largest absolute Gasteiger partial charge is 0.477 e. The number of hydrogen-bond acceptors (Lipinski definition) is 5. The van der Waals surface area contributed by atoms with E-state index in [0.717, 1.165) is 5.69 Å². The number of benzene rings is 1. The number of para-hydroxylation sites is 1. The van der Waals surface area contributed by atoms with E-state index in [1.165, 1.54) is 12.1 Å². The summed E-state index contributed by atoms with van der Waals surface area (Å²) in [5, 5.41) is 13.2. The van der Waals surface area contributed by atoms with Gasteiger partial charge in [0.15, 0.2) is 5.82 Å². The maximum absolute atomic E-state index is 12.4. The van der Waals surface area contributed by atoms with Crippen LogP contribution in [0.4, 0.5) is 5.82 Å². The molecule has 0 bridgehead atoms. The van der Waals surface area contributed by atoms with E-state index in [2.05, 4.69) is 9.82 Å². The van der Waals surface area contributed by atoms with Crippen molar-refractivity contribution in [3.05, 3.63) is 59.1 Å². The lowest BCUT2D eigenvalue weighted by Gasteiger charge is -2.03. The van der Waals surface area contributed by atoms with Crippen LogP contribution in [-0.2, 0) is 10.0 Å². The van der Waals surface area contributed by atoms with Crippen LogP contribution in [-0.4, -0.2) is 29.3 Å². The van der Waals surface area contributed by atoms with Crippen molar-refractivity contribution in [2.45, 2.75) is 11.1 Å². The van der Waals surface area contributed by atoms with E-state index in [4.69, 9.17) is 5.11 Å². The van der Waals surface area contributed by atoms with Crippen molar-refractivity contribution in [2.75, 3.05) is 4.72 Å². The van der Waals surface area contributed by atoms with Crippen LogP contribution in [0.25, 0.3) is 5.69 Å². The van der Waals surface area contributed by atoms with Crippen molar-refractivity contribution in [3.8, 4) is 5.69 Å². The molecule has 0 saturated carbocycles. The molecule has 3 rings (SSSR count).